The van der Waals surface area contributed by atoms with Crippen LogP contribution in [-0.4, -0.2) is 15.2 Å². The van der Waals surface area contributed by atoms with Gasteiger partial charge in [-0.1, -0.05) is 19.3 Å². The van der Waals surface area contributed by atoms with Crippen molar-refractivity contribution < 1.29 is 0 Å². The molecule has 4 heteroatoms. The van der Waals surface area contributed by atoms with Crippen LogP contribution in [0.2, 0.25) is 0 Å². The molecule has 0 saturated heterocycles. The van der Waals surface area contributed by atoms with E-state index in [1.54, 1.807) is 0 Å². The van der Waals surface area contributed by atoms with Crippen LogP contribution in [0.5, 0.6) is 0 Å². The monoisotopic (exact) mass is 256 g/mol. The fourth-order valence-corrected chi connectivity index (χ4v) is 2.89. The van der Waals surface area contributed by atoms with Crippen LogP contribution in [0.25, 0.3) is 11.4 Å². The van der Waals surface area contributed by atoms with E-state index in [1.165, 1.54) is 32.1 Å². The molecule has 19 heavy (non-hydrogen) atoms. The summed E-state index contributed by atoms with van der Waals surface area (Å²) in [5, 5.41) is 7.50. The molecule has 0 amide bonds. The quantitative estimate of drug-likeness (QED) is 0.809. The maximum atomic E-state index is 5.78. The number of hydrogen-bond donors (Lipinski definition) is 2. The summed E-state index contributed by atoms with van der Waals surface area (Å²) in [6, 6.07) is 5.86. The first-order chi connectivity index (χ1) is 9.24. The van der Waals surface area contributed by atoms with Gasteiger partial charge in [0.2, 0.25) is 0 Å². The fraction of sp³-hybridized carbons (Fsp3) is 0.467. The minimum absolute atomic E-state index is 0.559. The first kappa shape index (κ1) is 12.2. The van der Waals surface area contributed by atoms with Crippen LogP contribution in [0, 0.1) is 6.92 Å². The summed E-state index contributed by atoms with van der Waals surface area (Å²) in [5.74, 6) is 2.40. The standard InChI is InChI=1S/C15H20N4/c1-10-9-12(16)7-8-13(10)15-17-14(18-19-15)11-5-3-2-4-6-11/h7-9,11H,2-6,16H2,1H3,(H,17,18,19). The van der Waals surface area contributed by atoms with Gasteiger partial charge in [0.05, 0.1) is 0 Å². The molecule has 0 bridgehead atoms. The average Bonchev–Trinajstić information content (AvgIpc) is 2.89. The third kappa shape index (κ3) is 2.48. The number of aromatic amines is 1. The Hall–Kier alpha value is -1.84. The Balaban J connectivity index is 1.87. The Morgan fingerprint density at radius 2 is 2.00 bits per heavy atom. The number of hydrogen-bond acceptors (Lipinski definition) is 3. The molecule has 1 saturated carbocycles. The van der Waals surface area contributed by atoms with Gasteiger partial charge in [0.1, 0.15) is 5.82 Å². The summed E-state index contributed by atoms with van der Waals surface area (Å²) in [6.45, 7) is 2.04. The minimum atomic E-state index is 0.559. The molecule has 0 radical (unpaired) electrons. The number of benzene rings is 1. The van der Waals surface area contributed by atoms with Crippen molar-refractivity contribution >= 4 is 5.69 Å². The molecule has 1 fully saturated rings. The SMILES string of the molecule is Cc1cc(N)ccc1-c1n[nH]c(C2CCCCC2)n1. The second kappa shape index (κ2) is 5.03. The fourth-order valence-electron chi connectivity index (χ4n) is 2.89. The van der Waals surface area contributed by atoms with Gasteiger partial charge in [-0.05, 0) is 43.5 Å². The molecule has 0 spiro atoms. The zero-order valence-electron chi connectivity index (χ0n) is 11.3. The molecule has 3 N–H and O–H groups in total. The molecule has 1 aromatic heterocycles. The van der Waals surface area contributed by atoms with Gasteiger partial charge in [0.15, 0.2) is 5.82 Å². The number of nitrogens with one attached hydrogen (secondary N) is 1. The second-order valence-electron chi connectivity index (χ2n) is 5.45. The highest BCUT2D eigenvalue weighted by Gasteiger charge is 2.19. The van der Waals surface area contributed by atoms with Crippen LogP contribution in [0.3, 0.4) is 0 Å². The summed E-state index contributed by atoms with van der Waals surface area (Å²) in [7, 11) is 0. The number of nitrogens with zero attached hydrogens (tertiary/aromatic N) is 2. The summed E-state index contributed by atoms with van der Waals surface area (Å²) < 4.78 is 0. The van der Waals surface area contributed by atoms with E-state index < -0.39 is 0 Å². The first-order valence-corrected chi connectivity index (χ1v) is 7.03. The highest BCUT2D eigenvalue weighted by atomic mass is 15.2. The zero-order valence-corrected chi connectivity index (χ0v) is 11.3. The number of H-pyrrole nitrogens is 1. The Kier molecular flexibility index (Phi) is 3.23. The zero-order chi connectivity index (χ0) is 13.2. The third-order valence-electron chi connectivity index (χ3n) is 3.99. The van der Waals surface area contributed by atoms with Crippen molar-refractivity contribution in [1.29, 1.82) is 0 Å². The van der Waals surface area contributed by atoms with E-state index in [0.29, 0.717) is 5.92 Å². The highest BCUT2D eigenvalue weighted by molar-refractivity contribution is 5.63. The molecule has 2 aromatic rings. The van der Waals surface area contributed by atoms with Crippen LogP contribution >= 0.6 is 0 Å². The maximum absolute atomic E-state index is 5.78. The van der Waals surface area contributed by atoms with E-state index in [4.69, 9.17) is 5.73 Å². The molecule has 1 heterocycles. The minimum Gasteiger partial charge on any atom is -0.399 e. The molecule has 1 aromatic carbocycles. The summed E-state index contributed by atoms with van der Waals surface area (Å²) in [4.78, 5) is 4.69. The van der Waals surface area contributed by atoms with Gasteiger partial charge in [-0.2, -0.15) is 5.10 Å². The Labute approximate surface area is 113 Å². The van der Waals surface area contributed by atoms with Crippen molar-refractivity contribution in [2.75, 3.05) is 5.73 Å². The van der Waals surface area contributed by atoms with Gasteiger partial charge < -0.3 is 5.73 Å². The smallest absolute Gasteiger partial charge is 0.181 e. The van der Waals surface area contributed by atoms with Crippen molar-refractivity contribution in [3.8, 4) is 11.4 Å². The molecule has 4 nitrogen and oxygen atoms in total. The van der Waals surface area contributed by atoms with Crippen LogP contribution < -0.4 is 5.73 Å². The van der Waals surface area contributed by atoms with Gasteiger partial charge in [0.25, 0.3) is 0 Å². The van der Waals surface area contributed by atoms with Crippen LogP contribution in [0.15, 0.2) is 18.2 Å². The highest BCUT2D eigenvalue weighted by Crippen LogP contribution is 2.31. The normalized spacial score (nSPS) is 16.7. The van der Waals surface area contributed by atoms with Gasteiger partial charge in [-0.25, -0.2) is 4.98 Å². The van der Waals surface area contributed by atoms with E-state index in [9.17, 15) is 0 Å². The van der Waals surface area contributed by atoms with E-state index in [-0.39, 0.29) is 0 Å². The predicted octanol–water partition coefficient (Wildman–Crippen LogP) is 3.41. The molecule has 3 rings (SSSR count). The Morgan fingerprint density at radius 3 is 2.74 bits per heavy atom. The first-order valence-electron chi connectivity index (χ1n) is 7.03. The number of aryl methyl sites for hydroxylation is 1. The van der Waals surface area contributed by atoms with Gasteiger partial charge in [-0.3, -0.25) is 5.10 Å². The Morgan fingerprint density at radius 1 is 1.21 bits per heavy atom. The van der Waals surface area contributed by atoms with Crippen LogP contribution in [0.1, 0.15) is 49.4 Å². The lowest BCUT2D eigenvalue weighted by molar-refractivity contribution is 0.429. The van der Waals surface area contributed by atoms with E-state index in [2.05, 4.69) is 15.2 Å². The lowest BCUT2D eigenvalue weighted by Gasteiger charge is -2.18. The van der Waals surface area contributed by atoms with Crippen molar-refractivity contribution in [2.24, 2.45) is 0 Å². The molecule has 100 valence electrons. The summed E-state index contributed by atoms with van der Waals surface area (Å²) in [6.07, 6.45) is 6.43. The molecule has 0 unspecified atom stereocenters. The van der Waals surface area contributed by atoms with Crippen molar-refractivity contribution in [3.63, 3.8) is 0 Å². The Bertz CT molecular complexity index is 567. The van der Waals surface area contributed by atoms with Crippen LogP contribution in [-0.2, 0) is 0 Å². The number of nitrogen functional groups attached to an aromatic ring is 1. The predicted molar refractivity (Wildman–Crippen MR) is 76.8 cm³/mol. The number of anilines is 1. The van der Waals surface area contributed by atoms with Gasteiger partial charge in [-0.15, -0.1) is 0 Å². The number of rotatable bonds is 2. The number of aromatic nitrogens is 3. The second-order valence-corrected chi connectivity index (χ2v) is 5.45. The molecule has 1 aliphatic rings. The van der Waals surface area contributed by atoms with E-state index in [0.717, 1.165) is 28.5 Å². The largest absolute Gasteiger partial charge is 0.399 e. The lowest BCUT2D eigenvalue weighted by atomic mass is 9.89. The van der Waals surface area contributed by atoms with Crippen molar-refractivity contribution in [1.82, 2.24) is 15.2 Å². The maximum Gasteiger partial charge on any atom is 0.181 e. The lowest BCUT2D eigenvalue weighted by Crippen LogP contribution is -2.06. The molecular formula is C15H20N4. The van der Waals surface area contributed by atoms with Crippen molar-refractivity contribution in [3.05, 3.63) is 29.6 Å². The summed E-state index contributed by atoms with van der Waals surface area (Å²) in [5.41, 5.74) is 8.74. The molecule has 0 atom stereocenters. The van der Waals surface area contributed by atoms with Gasteiger partial charge >= 0.3 is 0 Å². The molecule has 1 aliphatic carbocycles. The van der Waals surface area contributed by atoms with Gasteiger partial charge in [0, 0.05) is 17.2 Å². The molecular weight excluding hydrogens is 236 g/mol. The topological polar surface area (TPSA) is 67.6 Å². The molecule has 0 aliphatic heterocycles. The number of nitrogens with two attached hydrogens (primary N) is 1. The van der Waals surface area contributed by atoms with Crippen molar-refractivity contribution in [2.45, 2.75) is 44.9 Å². The van der Waals surface area contributed by atoms with E-state index >= 15 is 0 Å². The third-order valence-corrected chi connectivity index (χ3v) is 3.99. The van der Waals surface area contributed by atoms with Crippen LogP contribution in [0.4, 0.5) is 5.69 Å². The van der Waals surface area contributed by atoms with E-state index in [1.807, 2.05) is 25.1 Å². The summed E-state index contributed by atoms with van der Waals surface area (Å²) >= 11 is 0. The average molecular weight is 256 g/mol.